The second-order valence-electron chi connectivity index (χ2n) is 2.46. The van der Waals surface area contributed by atoms with Gasteiger partial charge in [-0.05, 0) is 12.1 Å². The molecule has 1 aromatic rings. The van der Waals surface area contributed by atoms with Gasteiger partial charge in [0.1, 0.15) is 11.6 Å². The SMILES string of the molecule is Fc1cc(OC(F)F)ccc1C#CCCl. The number of hydrogen-bond donors (Lipinski definition) is 0. The van der Waals surface area contributed by atoms with Gasteiger partial charge >= 0.3 is 6.61 Å². The summed E-state index contributed by atoms with van der Waals surface area (Å²) >= 11 is 5.28. The van der Waals surface area contributed by atoms with Crippen LogP contribution in [-0.4, -0.2) is 12.5 Å². The fraction of sp³-hybridized carbons (Fsp3) is 0.200. The van der Waals surface area contributed by atoms with Gasteiger partial charge in [-0.1, -0.05) is 11.8 Å². The van der Waals surface area contributed by atoms with E-state index in [0.717, 1.165) is 6.07 Å². The van der Waals surface area contributed by atoms with Crippen LogP contribution in [0, 0.1) is 17.7 Å². The third kappa shape index (κ3) is 3.72. The Morgan fingerprint density at radius 3 is 2.67 bits per heavy atom. The van der Waals surface area contributed by atoms with Gasteiger partial charge in [0, 0.05) is 6.07 Å². The molecule has 0 aromatic heterocycles. The molecule has 0 unspecified atom stereocenters. The maximum Gasteiger partial charge on any atom is 0.387 e. The Hall–Kier alpha value is -1.34. The molecular formula is C10H6ClF3O. The largest absolute Gasteiger partial charge is 0.435 e. The maximum absolute atomic E-state index is 13.2. The average Bonchev–Trinajstić information content (AvgIpc) is 2.15. The number of rotatable bonds is 2. The van der Waals surface area contributed by atoms with Crippen LogP contribution in [0.2, 0.25) is 0 Å². The first-order chi connectivity index (χ1) is 7.13. The molecule has 1 nitrogen and oxygen atoms in total. The molecule has 0 atom stereocenters. The second kappa shape index (κ2) is 5.52. The molecule has 80 valence electrons. The zero-order valence-electron chi connectivity index (χ0n) is 7.44. The summed E-state index contributed by atoms with van der Waals surface area (Å²) in [6, 6.07) is 3.32. The molecular weight excluding hydrogens is 229 g/mol. The van der Waals surface area contributed by atoms with Crippen molar-refractivity contribution in [3.8, 4) is 17.6 Å². The standard InChI is InChI=1S/C10H6ClF3O/c11-5-1-2-7-3-4-8(6-9(7)12)15-10(13)14/h3-4,6,10H,5H2. The summed E-state index contributed by atoms with van der Waals surface area (Å²) in [5.74, 6) is 4.02. The van der Waals surface area contributed by atoms with Crippen LogP contribution in [0.25, 0.3) is 0 Å². The molecule has 15 heavy (non-hydrogen) atoms. The summed E-state index contributed by atoms with van der Waals surface area (Å²) in [4.78, 5) is 0. The first-order valence-electron chi connectivity index (χ1n) is 3.92. The van der Waals surface area contributed by atoms with E-state index in [4.69, 9.17) is 11.6 Å². The van der Waals surface area contributed by atoms with E-state index in [0.29, 0.717) is 0 Å². The highest BCUT2D eigenvalue weighted by Gasteiger charge is 2.06. The van der Waals surface area contributed by atoms with Crippen LogP contribution >= 0.6 is 11.6 Å². The summed E-state index contributed by atoms with van der Waals surface area (Å²) in [6.45, 7) is -2.97. The Labute approximate surface area is 89.8 Å². The predicted molar refractivity (Wildman–Crippen MR) is 50.6 cm³/mol. The topological polar surface area (TPSA) is 9.23 Å². The molecule has 1 rings (SSSR count). The lowest BCUT2D eigenvalue weighted by molar-refractivity contribution is -0.0500. The molecule has 0 spiro atoms. The summed E-state index contributed by atoms with van der Waals surface area (Å²) in [7, 11) is 0. The Morgan fingerprint density at radius 1 is 1.40 bits per heavy atom. The molecule has 1 aromatic carbocycles. The van der Waals surface area contributed by atoms with Crippen molar-refractivity contribution in [3.63, 3.8) is 0 Å². The van der Waals surface area contributed by atoms with Crippen LogP contribution in [0.15, 0.2) is 18.2 Å². The molecule has 0 fully saturated rings. The predicted octanol–water partition coefficient (Wildman–Crippen LogP) is 3.02. The van der Waals surface area contributed by atoms with E-state index in [9.17, 15) is 13.2 Å². The van der Waals surface area contributed by atoms with Crippen LogP contribution in [0.5, 0.6) is 5.75 Å². The molecule has 5 heteroatoms. The van der Waals surface area contributed by atoms with E-state index in [2.05, 4.69) is 16.6 Å². The third-order valence-electron chi connectivity index (χ3n) is 1.46. The van der Waals surface area contributed by atoms with Crippen molar-refractivity contribution in [1.82, 2.24) is 0 Å². The fourth-order valence-corrected chi connectivity index (χ4v) is 0.969. The highest BCUT2D eigenvalue weighted by atomic mass is 35.5. The minimum absolute atomic E-state index is 0.0781. The third-order valence-corrected chi connectivity index (χ3v) is 1.59. The van der Waals surface area contributed by atoms with Crippen LogP contribution in [0.3, 0.4) is 0 Å². The number of alkyl halides is 3. The van der Waals surface area contributed by atoms with E-state index in [1.54, 1.807) is 0 Å². The van der Waals surface area contributed by atoms with Crippen LogP contribution in [-0.2, 0) is 0 Å². The maximum atomic E-state index is 13.2. The Morgan fingerprint density at radius 2 is 2.13 bits per heavy atom. The number of ether oxygens (including phenoxy) is 1. The lowest BCUT2D eigenvalue weighted by atomic mass is 10.2. The summed E-state index contributed by atoms with van der Waals surface area (Å²) in [6.07, 6.45) is 0. The number of benzene rings is 1. The van der Waals surface area contributed by atoms with Crippen molar-refractivity contribution in [2.75, 3.05) is 5.88 Å². The van der Waals surface area contributed by atoms with E-state index in [-0.39, 0.29) is 17.2 Å². The molecule has 0 bridgehead atoms. The van der Waals surface area contributed by atoms with Crippen molar-refractivity contribution < 1.29 is 17.9 Å². The van der Waals surface area contributed by atoms with Crippen LogP contribution in [0.4, 0.5) is 13.2 Å². The Bertz CT molecular complexity index is 395. The van der Waals surface area contributed by atoms with Crippen LogP contribution in [0.1, 0.15) is 5.56 Å². The fourth-order valence-electron chi connectivity index (χ4n) is 0.902. The molecule has 0 heterocycles. The van der Waals surface area contributed by atoms with E-state index >= 15 is 0 Å². The molecule has 0 saturated heterocycles. The van der Waals surface area contributed by atoms with Gasteiger partial charge in [-0.15, -0.1) is 11.6 Å². The van der Waals surface area contributed by atoms with E-state index in [1.165, 1.54) is 12.1 Å². The second-order valence-corrected chi connectivity index (χ2v) is 2.72. The van der Waals surface area contributed by atoms with Crippen molar-refractivity contribution in [2.45, 2.75) is 6.61 Å². The number of hydrogen-bond acceptors (Lipinski definition) is 1. The molecule has 0 aliphatic carbocycles. The summed E-state index contributed by atoms with van der Waals surface area (Å²) in [5.41, 5.74) is 0.0947. The van der Waals surface area contributed by atoms with E-state index < -0.39 is 12.4 Å². The van der Waals surface area contributed by atoms with Gasteiger partial charge in [0.05, 0.1) is 11.4 Å². The Balaban J connectivity index is 2.88. The molecule has 0 radical (unpaired) electrons. The lowest BCUT2D eigenvalue weighted by Crippen LogP contribution is -2.02. The van der Waals surface area contributed by atoms with Crippen LogP contribution < -0.4 is 4.74 Å². The van der Waals surface area contributed by atoms with Gasteiger partial charge in [-0.2, -0.15) is 8.78 Å². The van der Waals surface area contributed by atoms with Gasteiger partial charge in [0.15, 0.2) is 0 Å². The highest BCUT2D eigenvalue weighted by Crippen LogP contribution is 2.17. The number of halogens is 4. The van der Waals surface area contributed by atoms with Gasteiger partial charge in [0.25, 0.3) is 0 Å². The zero-order valence-corrected chi connectivity index (χ0v) is 8.19. The van der Waals surface area contributed by atoms with Gasteiger partial charge in [-0.25, -0.2) is 4.39 Å². The van der Waals surface area contributed by atoms with Crippen molar-refractivity contribution >= 4 is 11.6 Å². The first-order valence-corrected chi connectivity index (χ1v) is 4.46. The minimum atomic E-state index is -2.97. The molecule has 0 N–H and O–H groups in total. The van der Waals surface area contributed by atoms with Crippen molar-refractivity contribution in [1.29, 1.82) is 0 Å². The molecule has 0 amide bonds. The van der Waals surface area contributed by atoms with Gasteiger partial charge in [0.2, 0.25) is 0 Å². The molecule has 0 aliphatic heterocycles. The molecule has 0 aliphatic rings. The molecule has 0 saturated carbocycles. The van der Waals surface area contributed by atoms with Gasteiger partial charge in [-0.3, -0.25) is 0 Å². The van der Waals surface area contributed by atoms with Crippen molar-refractivity contribution in [2.24, 2.45) is 0 Å². The average molecular weight is 235 g/mol. The quantitative estimate of drug-likeness (QED) is 0.565. The smallest absolute Gasteiger partial charge is 0.387 e. The summed E-state index contributed by atoms with van der Waals surface area (Å²) < 4.78 is 40.7. The summed E-state index contributed by atoms with van der Waals surface area (Å²) in [5, 5.41) is 0. The zero-order chi connectivity index (χ0) is 11.3. The first kappa shape index (κ1) is 11.7. The minimum Gasteiger partial charge on any atom is -0.435 e. The Kier molecular flexibility index (Phi) is 4.32. The lowest BCUT2D eigenvalue weighted by Gasteiger charge is -2.04. The van der Waals surface area contributed by atoms with E-state index in [1.807, 2.05) is 0 Å². The normalized spacial score (nSPS) is 9.67. The van der Waals surface area contributed by atoms with Crippen molar-refractivity contribution in [3.05, 3.63) is 29.6 Å². The monoisotopic (exact) mass is 234 g/mol. The highest BCUT2D eigenvalue weighted by molar-refractivity contribution is 6.19. The van der Waals surface area contributed by atoms with Gasteiger partial charge < -0.3 is 4.74 Å².